The van der Waals surface area contributed by atoms with E-state index in [1.807, 2.05) is 6.07 Å². The molecule has 0 radical (unpaired) electrons. The van der Waals surface area contributed by atoms with Crippen LogP contribution in [0.15, 0.2) is 24.3 Å². The molecule has 2 rings (SSSR count). The summed E-state index contributed by atoms with van der Waals surface area (Å²) in [5.74, 6) is -1.18. The molecule has 0 aliphatic heterocycles. The molecule has 2 N–H and O–H groups in total. The predicted octanol–water partition coefficient (Wildman–Crippen LogP) is 3.14. The van der Waals surface area contributed by atoms with Crippen molar-refractivity contribution in [2.75, 3.05) is 6.54 Å². The van der Waals surface area contributed by atoms with E-state index in [1.54, 1.807) is 11.0 Å². The number of nitrogens with zero attached hydrogens (tertiary/aromatic N) is 1. The smallest absolute Gasteiger partial charge is 0.317 e. The Hall–Kier alpha value is -2.11. The van der Waals surface area contributed by atoms with Crippen molar-refractivity contribution in [1.29, 1.82) is 0 Å². The van der Waals surface area contributed by atoms with Crippen molar-refractivity contribution in [3.05, 3.63) is 35.6 Å². The minimum Gasteiger partial charge on any atom is -0.481 e. The molecule has 1 aromatic rings. The number of amides is 2. The molecule has 6 heteroatoms. The third kappa shape index (κ3) is 5.54. The zero-order valence-corrected chi connectivity index (χ0v) is 13.1. The van der Waals surface area contributed by atoms with Gasteiger partial charge in [-0.25, -0.2) is 9.18 Å². The molecule has 0 spiro atoms. The summed E-state index contributed by atoms with van der Waals surface area (Å²) in [6.07, 6.45) is 4.54. The third-order valence-electron chi connectivity index (χ3n) is 4.11. The number of carbonyl (C=O) groups excluding carboxylic acids is 1. The number of urea groups is 1. The van der Waals surface area contributed by atoms with E-state index >= 15 is 0 Å². The van der Waals surface area contributed by atoms with Gasteiger partial charge in [-0.3, -0.25) is 4.79 Å². The van der Waals surface area contributed by atoms with Crippen LogP contribution in [0.4, 0.5) is 9.18 Å². The summed E-state index contributed by atoms with van der Waals surface area (Å²) in [5.41, 5.74) is 0.762. The number of hydrogen-bond donors (Lipinski definition) is 2. The van der Waals surface area contributed by atoms with Crippen LogP contribution in [0, 0.1) is 5.82 Å². The van der Waals surface area contributed by atoms with Crippen molar-refractivity contribution in [1.82, 2.24) is 10.2 Å². The molecule has 1 aromatic carbocycles. The number of benzene rings is 1. The molecule has 0 aromatic heterocycles. The zero-order valence-electron chi connectivity index (χ0n) is 13.1. The zero-order chi connectivity index (χ0) is 16.7. The number of nitrogens with one attached hydrogen (secondary N) is 1. The minimum absolute atomic E-state index is 0.0353. The van der Waals surface area contributed by atoms with E-state index in [4.69, 9.17) is 5.11 Å². The van der Waals surface area contributed by atoms with Gasteiger partial charge in [0.05, 0.1) is 0 Å². The van der Waals surface area contributed by atoms with Crippen molar-refractivity contribution >= 4 is 12.0 Å². The Balaban J connectivity index is 1.96. The molecule has 1 aliphatic rings. The SMILES string of the molecule is O=C(O)CCCNC(=O)N(Cc1cccc(F)c1)C1CCCC1. The summed E-state index contributed by atoms with van der Waals surface area (Å²) in [7, 11) is 0. The first kappa shape index (κ1) is 17.2. The van der Waals surface area contributed by atoms with Gasteiger partial charge >= 0.3 is 12.0 Å². The van der Waals surface area contributed by atoms with Gasteiger partial charge in [0.25, 0.3) is 0 Å². The largest absolute Gasteiger partial charge is 0.481 e. The summed E-state index contributed by atoms with van der Waals surface area (Å²) in [6, 6.07) is 6.24. The number of carboxylic acids is 1. The average Bonchev–Trinajstić information content (AvgIpc) is 3.03. The second kappa shape index (κ2) is 8.50. The molecule has 0 unspecified atom stereocenters. The Morgan fingerprint density at radius 1 is 1.30 bits per heavy atom. The van der Waals surface area contributed by atoms with Gasteiger partial charge in [0.15, 0.2) is 0 Å². The van der Waals surface area contributed by atoms with Crippen molar-refractivity contribution in [2.24, 2.45) is 0 Å². The summed E-state index contributed by atoms with van der Waals surface area (Å²) in [5, 5.41) is 11.4. The minimum atomic E-state index is -0.869. The average molecular weight is 322 g/mol. The number of aliphatic carboxylic acids is 1. The van der Waals surface area contributed by atoms with Crippen LogP contribution in [0.25, 0.3) is 0 Å². The van der Waals surface area contributed by atoms with Crippen LogP contribution in [-0.2, 0) is 11.3 Å². The molecule has 0 atom stereocenters. The van der Waals surface area contributed by atoms with Gasteiger partial charge in [0.1, 0.15) is 5.82 Å². The molecule has 2 amide bonds. The number of rotatable bonds is 7. The van der Waals surface area contributed by atoms with Crippen LogP contribution < -0.4 is 5.32 Å². The lowest BCUT2D eigenvalue weighted by atomic mass is 10.1. The predicted molar refractivity (Wildman–Crippen MR) is 84.5 cm³/mol. The van der Waals surface area contributed by atoms with Crippen molar-refractivity contribution < 1.29 is 19.1 Å². The number of hydrogen-bond acceptors (Lipinski definition) is 2. The van der Waals surface area contributed by atoms with E-state index in [0.29, 0.717) is 19.5 Å². The Kier molecular flexibility index (Phi) is 6.38. The van der Waals surface area contributed by atoms with E-state index in [2.05, 4.69) is 5.32 Å². The highest BCUT2D eigenvalue weighted by molar-refractivity contribution is 5.74. The highest BCUT2D eigenvalue weighted by atomic mass is 19.1. The normalized spacial score (nSPS) is 14.7. The van der Waals surface area contributed by atoms with Crippen LogP contribution >= 0.6 is 0 Å². The van der Waals surface area contributed by atoms with E-state index in [0.717, 1.165) is 31.2 Å². The topological polar surface area (TPSA) is 69.6 Å². The van der Waals surface area contributed by atoms with E-state index in [9.17, 15) is 14.0 Å². The summed E-state index contributed by atoms with van der Waals surface area (Å²) >= 11 is 0. The number of carboxylic acid groups (broad SMARTS) is 1. The van der Waals surface area contributed by atoms with Crippen LogP contribution in [0.1, 0.15) is 44.1 Å². The fourth-order valence-electron chi connectivity index (χ4n) is 2.95. The molecule has 0 saturated heterocycles. The summed E-state index contributed by atoms with van der Waals surface area (Å²) in [4.78, 5) is 24.7. The molecule has 0 bridgehead atoms. The van der Waals surface area contributed by atoms with Crippen LogP contribution in [-0.4, -0.2) is 34.6 Å². The Bertz CT molecular complexity index is 544. The van der Waals surface area contributed by atoms with Gasteiger partial charge in [-0.2, -0.15) is 0 Å². The Labute approximate surface area is 135 Å². The number of carbonyl (C=O) groups is 2. The van der Waals surface area contributed by atoms with Crippen LogP contribution in [0.5, 0.6) is 0 Å². The Morgan fingerprint density at radius 2 is 2.04 bits per heavy atom. The quantitative estimate of drug-likeness (QED) is 0.758. The van der Waals surface area contributed by atoms with Gasteiger partial charge in [0, 0.05) is 25.6 Å². The van der Waals surface area contributed by atoms with E-state index in [-0.39, 0.29) is 24.3 Å². The van der Waals surface area contributed by atoms with Gasteiger partial charge in [0.2, 0.25) is 0 Å². The molecular formula is C17H23FN2O3. The van der Waals surface area contributed by atoms with Gasteiger partial charge in [-0.15, -0.1) is 0 Å². The lowest BCUT2D eigenvalue weighted by Crippen LogP contribution is -2.45. The molecule has 126 valence electrons. The summed E-state index contributed by atoms with van der Waals surface area (Å²) < 4.78 is 13.3. The first-order valence-electron chi connectivity index (χ1n) is 8.07. The van der Waals surface area contributed by atoms with Gasteiger partial charge in [-0.1, -0.05) is 25.0 Å². The standard InChI is InChI=1S/C17H23FN2O3/c18-14-6-3-5-13(11-14)12-20(15-7-1-2-8-15)17(23)19-10-4-9-16(21)22/h3,5-6,11,15H,1-2,4,7-10,12H2,(H,19,23)(H,21,22). The molecular weight excluding hydrogens is 299 g/mol. The maximum absolute atomic E-state index is 13.3. The molecule has 1 aliphatic carbocycles. The first-order valence-corrected chi connectivity index (χ1v) is 8.07. The third-order valence-corrected chi connectivity index (χ3v) is 4.11. The first-order chi connectivity index (χ1) is 11.1. The number of halogens is 1. The van der Waals surface area contributed by atoms with E-state index in [1.165, 1.54) is 12.1 Å². The van der Waals surface area contributed by atoms with Gasteiger partial charge < -0.3 is 15.3 Å². The van der Waals surface area contributed by atoms with Crippen LogP contribution in [0.2, 0.25) is 0 Å². The molecule has 0 heterocycles. The van der Waals surface area contributed by atoms with Gasteiger partial charge in [-0.05, 0) is 37.0 Å². The molecule has 1 saturated carbocycles. The van der Waals surface area contributed by atoms with Crippen LogP contribution in [0.3, 0.4) is 0 Å². The lowest BCUT2D eigenvalue weighted by molar-refractivity contribution is -0.137. The van der Waals surface area contributed by atoms with Crippen molar-refractivity contribution in [3.8, 4) is 0 Å². The lowest BCUT2D eigenvalue weighted by Gasteiger charge is -2.29. The fraction of sp³-hybridized carbons (Fsp3) is 0.529. The van der Waals surface area contributed by atoms with Crippen molar-refractivity contribution in [2.45, 2.75) is 51.1 Å². The fourth-order valence-corrected chi connectivity index (χ4v) is 2.95. The summed E-state index contributed by atoms with van der Waals surface area (Å²) in [6.45, 7) is 0.699. The maximum atomic E-state index is 13.3. The molecule has 23 heavy (non-hydrogen) atoms. The highest BCUT2D eigenvalue weighted by Gasteiger charge is 2.26. The second-order valence-electron chi connectivity index (χ2n) is 5.93. The molecule has 1 fully saturated rings. The monoisotopic (exact) mass is 322 g/mol. The Morgan fingerprint density at radius 3 is 2.70 bits per heavy atom. The second-order valence-corrected chi connectivity index (χ2v) is 5.93. The highest BCUT2D eigenvalue weighted by Crippen LogP contribution is 2.25. The van der Waals surface area contributed by atoms with E-state index < -0.39 is 5.97 Å². The van der Waals surface area contributed by atoms with Crippen molar-refractivity contribution in [3.63, 3.8) is 0 Å². The molecule has 5 nitrogen and oxygen atoms in total. The maximum Gasteiger partial charge on any atom is 0.317 e.